The van der Waals surface area contributed by atoms with Crippen molar-refractivity contribution < 1.29 is 4.79 Å². The van der Waals surface area contributed by atoms with Crippen molar-refractivity contribution in [3.63, 3.8) is 0 Å². The molecule has 0 aromatic heterocycles. The average molecular weight is 211 g/mol. The van der Waals surface area contributed by atoms with E-state index in [2.05, 4.69) is 15.5 Å². The molecule has 2 N–H and O–H groups in total. The second kappa shape index (κ2) is 4.94. The third-order valence-corrected chi connectivity index (χ3v) is 3.56. The van der Waals surface area contributed by atoms with Gasteiger partial charge in [0.25, 0.3) is 0 Å². The van der Waals surface area contributed by atoms with E-state index >= 15 is 0 Å². The molecule has 1 amide bonds. The van der Waals surface area contributed by atoms with E-state index in [-0.39, 0.29) is 11.8 Å². The second-order valence-corrected chi connectivity index (χ2v) is 4.57. The SMILES string of the molecule is CNC(=O)C1CNC(N2CCCCC2)C1. The summed E-state index contributed by atoms with van der Waals surface area (Å²) in [6.45, 7) is 3.22. The first-order chi connectivity index (χ1) is 7.31. The fourth-order valence-electron chi connectivity index (χ4n) is 2.63. The van der Waals surface area contributed by atoms with Crippen LogP contribution in [0.2, 0.25) is 0 Å². The van der Waals surface area contributed by atoms with E-state index < -0.39 is 0 Å². The molecule has 4 heteroatoms. The van der Waals surface area contributed by atoms with E-state index in [1.807, 2.05) is 0 Å². The van der Waals surface area contributed by atoms with E-state index in [0.717, 1.165) is 13.0 Å². The van der Waals surface area contributed by atoms with E-state index in [1.165, 1.54) is 32.4 Å². The highest BCUT2D eigenvalue weighted by Gasteiger charge is 2.32. The molecular weight excluding hydrogens is 190 g/mol. The number of piperidine rings is 1. The summed E-state index contributed by atoms with van der Waals surface area (Å²) in [7, 11) is 1.72. The zero-order valence-electron chi connectivity index (χ0n) is 9.46. The summed E-state index contributed by atoms with van der Waals surface area (Å²) in [5.74, 6) is 0.351. The lowest BCUT2D eigenvalue weighted by Gasteiger charge is -2.32. The Balaban J connectivity index is 1.83. The maximum absolute atomic E-state index is 11.5. The van der Waals surface area contributed by atoms with E-state index in [1.54, 1.807) is 7.05 Å². The minimum absolute atomic E-state index is 0.168. The Morgan fingerprint density at radius 3 is 2.73 bits per heavy atom. The zero-order valence-corrected chi connectivity index (χ0v) is 9.46. The van der Waals surface area contributed by atoms with Crippen LogP contribution in [0.15, 0.2) is 0 Å². The summed E-state index contributed by atoms with van der Waals surface area (Å²) in [5, 5.41) is 6.19. The van der Waals surface area contributed by atoms with Gasteiger partial charge >= 0.3 is 0 Å². The van der Waals surface area contributed by atoms with Crippen LogP contribution in [-0.2, 0) is 4.79 Å². The summed E-state index contributed by atoms with van der Waals surface area (Å²) in [6, 6.07) is 0. The first kappa shape index (κ1) is 10.9. The summed E-state index contributed by atoms with van der Waals surface area (Å²) < 4.78 is 0. The summed E-state index contributed by atoms with van der Waals surface area (Å²) >= 11 is 0. The number of nitrogens with zero attached hydrogens (tertiary/aromatic N) is 1. The average Bonchev–Trinajstić information content (AvgIpc) is 2.78. The van der Waals surface area contributed by atoms with Crippen LogP contribution in [0, 0.1) is 5.92 Å². The lowest BCUT2D eigenvalue weighted by atomic mass is 10.1. The molecule has 15 heavy (non-hydrogen) atoms. The molecule has 2 atom stereocenters. The highest BCUT2D eigenvalue weighted by atomic mass is 16.1. The van der Waals surface area contributed by atoms with Gasteiger partial charge in [0.1, 0.15) is 0 Å². The number of hydrogen-bond donors (Lipinski definition) is 2. The minimum atomic E-state index is 0.168. The normalized spacial score (nSPS) is 32.9. The number of likely N-dealkylation sites (tertiary alicyclic amines) is 1. The number of nitrogens with one attached hydrogen (secondary N) is 2. The van der Waals surface area contributed by atoms with Gasteiger partial charge in [0, 0.05) is 13.6 Å². The molecule has 86 valence electrons. The van der Waals surface area contributed by atoms with Crippen molar-refractivity contribution in [1.82, 2.24) is 15.5 Å². The van der Waals surface area contributed by atoms with Gasteiger partial charge in [-0.05, 0) is 32.4 Å². The quantitative estimate of drug-likeness (QED) is 0.683. The van der Waals surface area contributed by atoms with Crippen LogP contribution < -0.4 is 10.6 Å². The molecule has 2 unspecified atom stereocenters. The number of amides is 1. The molecule has 2 aliphatic rings. The number of carbonyl (C=O) groups is 1. The fraction of sp³-hybridized carbons (Fsp3) is 0.909. The van der Waals surface area contributed by atoms with Crippen molar-refractivity contribution in [2.75, 3.05) is 26.7 Å². The lowest BCUT2D eigenvalue weighted by molar-refractivity contribution is -0.124. The monoisotopic (exact) mass is 211 g/mol. The second-order valence-electron chi connectivity index (χ2n) is 4.57. The summed E-state index contributed by atoms with van der Waals surface area (Å²) in [5.41, 5.74) is 0. The maximum Gasteiger partial charge on any atom is 0.224 e. The maximum atomic E-state index is 11.5. The molecule has 2 rings (SSSR count). The Morgan fingerprint density at radius 1 is 1.33 bits per heavy atom. The molecule has 4 nitrogen and oxygen atoms in total. The molecule has 0 aromatic carbocycles. The van der Waals surface area contributed by atoms with Crippen LogP contribution in [0.5, 0.6) is 0 Å². The van der Waals surface area contributed by atoms with Crippen molar-refractivity contribution in [2.45, 2.75) is 31.8 Å². The van der Waals surface area contributed by atoms with Crippen molar-refractivity contribution in [1.29, 1.82) is 0 Å². The van der Waals surface area contributed by atoms with E-state index in [0.29, 0.717) is 6.17 Å². The fourth-order valence-corrected chi connectivity index (χ4v) is 2.63. The molecule has 2 aliphatic heterocycles. The molecule has 0 radical (unpaired) electrons. The predicted octanol–water partition coefficient (Wildman–Crippen LogP) is 0.154. The van der Waals surface area contributed by atoms with Crippen LogP contribution >= 0.6 is 0 Å². The molecule has 0 aliphatic carbocycles. The molecule has 0 spiro atoms. The molecule has 2 fully saturated rings. The van der Waals surface area contributed by atoms with E-state index in [4.69, 9.17) is 0 Å². The smallest absolute Gasteiger partial charge is 0.224 e. The lowest BCUT2D eigenvalue weighted by Crippen LogP contribution is -2.44. The van der Waals surface area contributed by atoms with Gasteiger partial charge in [-0.2, -0.15) is 0 Å². The first-order valence-corrected chi connectivity index (χ1v) is 6.00. The van der Waals surface area contributed by atoms with Gasteiger partial charge in [-0.3, -0.25) is 9.69 Å². The standard InChI is InChI=1S/C11H21N3O/c1-12-11(15)9-7-10(13-8-9)14-5-3-2-4-6-14/h9-10,13H,2-8H2,1H3,(H,12,15). The topological polar surface area (TPSA) is 44.4 Å². The van der Waals surface area contributed by atoms with Crippen molar-refractivity contribution in [2.24, 2.45) is 5.92 Å². The number of carbonyl (C=O) groups excluding carboxylic acids is 1. The zero-order chi connectivity index (χ0) is 10.7. The Kier molecular flexibility index (Phi) is 3.59. The van der Waals surface area contributed by atoms with Crippen LogP contribution in [-0.4, -0.2) is 43.7 Å². The Bertz CT molecular complexity index is 226. The van der Waals surface area contributed by atoms with Gasteiger partial charge in [-0.15, -0.1) is 0 Å². The largest absolute Gasteiger partial charge is 0.359 e. The van der Waals surface area contributed by atoms with Gasteiger partial charge in [0.15, 0.2) is 0 Å². The number of rotatable bonds is 2. The third kappa shape index (κ3) is 2.49. The predicted molar refractivity (Wildman–Crippen MR) is 59.4 cm³/mol. The molecule has 2 saturated heterocycles. The van der Waals surface area contributed by atoms with Crippen LogP contribution in [0.3, 0.4) is 0 Å². The van der Waals surface area contributed by atoms with Crippen LogP contribution in [0.25, 0.3) is 0 Å². The Labute approximate surface area is 91.4 Å². The molecular formula is C11H21N3O. The highest BCUT2D eigenvalue weighted by molar-refractivity contribution is 5.78. The summed E-state index contributed by atoms with van der Waals surface area (Å²) in [6.07, 6.45) is 5.39. The van der Waals surface area contributed by atoms with Crippen molar-refractivity contribution >= 4 is 5.91 Å². The van der Waals surface area contributed by atoms with Crippen molar-refractivity contribution in [3.05, 3.63) is 0 Å². The van der Waals surface area contributed by atoms with Gasteiger partial charge < -0.3 is 10.6 Å². The minimum Gasteiger partial charge on any atom is -0.359 e. The molecule has 0 bridgehead atoms. The first-order valence-electron chi connectivity index (χ1n) is 6.00. The highest BCUT2D eigenvalue weighted by Crippen LogP contribution is 2.20. The molecule has 2 heterocycles. The van der Waals surface area contributed by atoms with E-state index in [9.17, 15) is 4.79 Å². The Hall–Kier alpha value is -0.610. The molecule has 0 saturated carbocycles. The van der Waals surface area contributed by atoms with Gasteiger partial charge in [-0.25, -0.2) is 0 Å². The van der Waals surface area contributed by atoms with Crippen molar-refractivity contribution in [3.8, 4) is 0 Å². The Morgan fingerprint density at radius 2 is 2.07 bits per heavy atom. The van der Waals surface area contributed by atoms with Crippen LogP contribution in [0.4, 0.5) is 0 Å². The van der Waals surface area contributed by atoms with Gasteiger partial charge in [-0.1, -0.05) is 6.42 Å². The van der Waals surface area contributed by atoms with Gasteiger partial charge in [0.05, 0.1) is 12.1 Å². The third-order valence-electron chi connectivity index (χ3n) is 3.56. The van der Waals surface area contributed by atoms with Crippen LogP contribution in [0.1, 0.15) is 25.7 Å². The molecule has 0 aromatic rings. The summed E-state index contributed by atoms with van der Waals surface area (Å²) in [4.78, 5) is 14.0. The number of hydrogen-bond acceptors (Lipinski definition) is 3. The van der Waals surface area contributed by atoms with Gasteiger partial charge in [0.2, 0.25) is 5.91 Å².